The Morgan fingerprint density at radius 3 is 2.67 bits per heavy atom. The molecule has 3 rings (SSSR count). The van der Waals surface area contributed by atoms with Gasteiger partial charge in [0.05, 0.1) is 11.1 Å². The molecule has 3 aromatic rings. The topological polar surface area (TPSA) is 125 Å². The van der Waals surface area contributed by atoms with Gasteiger partial charge in [-0.1, -0.05) is 12.1 Å². The van der Waals surface area contributed by atoms with Crippen LogP contribution >= 0.6 is 0 Å². The van der Waals surface area contributed by atoms with Crippen LogP contribution in [0.25, 0.3) is 16.7 Å². The van der Waals surface area contributed by atoms with Crippen molar-refractivity contribution >= 4 is 22.6 Å². The minimum absolute atomic E-state index is 0.155. The van der Waals surface area contributed by atoms with E-state index in [2.05, 4.69) is 15.4 Å². The molecule has 0 fully saturated rings. The Bertz CT molecular complexity index is 1090. The number of rotatable bonds is 4. The lowest BCUT2D eigenvalue weighted by Crippen LogP contribution is -2.43. The fourth-order valence-electron chi connectivity index (χ4n) is 2.65. The second kappa shape index (κ2) is 6.63. The molecule has 0 saturated heterocycles. The maximum absolute atomic E-state index is 12.6. The summed E-state index contributed by atoms with van der Waals surface area (Å²) in [4.78, 5) is 39.6. The van der Waals surface area contributed by atoms with Crippen LogP contribution in [0.3, 0.4) is 0 Å². The van der Waals surface area contributed by atoms with Gasteiger partial charge in [0.15, 0.2) is 5.65 Å². The maximum Gasteiger partial charge on any atom is 0.294 e. The average molecular weight is 370 g/mol. The first-order valence-electron chi connectivity index (χ1n) is 8.15. The molecule has 0 unspecified atom stereocenters. The van der Waals surface area contributed by atoms with Gasteiger partial charge in [0, 0.05) is 11.6 Å². The SMILES string of the molecule is CC(C)(C)NC(=O)Cn1cnc2c(cnn2-c2ccccc2[N+](=O)[O-])c1=O. The Kier molecular flexibility index (Phi) is 4.48. The molecule has 0 saturated carbocycles. The quantitative estimate of drug-likeness (QED) is 0.547. The maximum atomic E-state index is 12.6. The van der Waals surface area contributed by atoms with Crippen LogP contribution in [0.1, 0.15) is 20.8 Å². The van der Waals surface area contributed by atoms with Crippen molar-refractivity contribution in [1.82, 2.24) is 24.6 Å². The van der Waals surface area contributed by atoms with E-state index in [9.17, 15) is 19.7 Å². The molecule has 10 nitrogen and oxygen atoms in total. The molecular formula is C17H18N6O4. The van der Waals surface area contributed by atoms with Gasteiger partial charge >= 0.3 is 0 Å². The normalized spacial score (nSPS) is 11.5. The highest BCUT2D eigenvalue weighted by molar-refractivity contribution is 5.78. The third-order valence-corrected chi connectivity index (χ3v) is 3.69. The summed E-state index contributed by atoms with van der Waals surface area (Å²) < 4.78 is 2.42. The molecule has 10 heteroatoms. The molecular weight excluding hydrogens is 352 g/mol. The van der Waals surface area contributed by atoms with Crippen molar-refractivity contribution in [1.29, 1.82) is 0 Å². The number of carbonyl (C=O) groups is 1. The van der Waals surface area contributed by atoms with Crippen molar-refractivity contribution in [3.8, 4) is 5.69 Å². The molecule has 0 aliphatic rings. The second-order valence-electron chi connectivity index (χ2n) is 7.02. The summed E-state index contributed by atoms with van der Waals surface area (Å²) in [5.74, 6) is -0.322. The lowest BCUT2D eigenvalue weighted by atomic mass is 10.1. The van der Waals surface area contributed by atoms with Crippen LogP contribution in [0, 0.1) is 10.1 Å². The number of carbonyl (C=O) groups excluding carboxylic acids is 1. The van der Waals surface area contributed by atoms with Crippen molar-refractivity contribution in [2.24, 2.45) is 0 Å². The zero-order valence-corrected chi connectivity index (χ0v) is 15.0. The number of nitrogens with zero attached hydrogens (tertiary/aromatic N) is 5. The molecule has 1 aromatic carbocycles. The number of hydrogen-bond acceptors (Lipinski definition) is 6. The molecule has 27 heavy (non-hydrogen) atoms. The molecule has 2 aromatic heterocycles. The van der Waals surface area contributed by atoms with Crippen molar-refractivity contribution in [3.05, 3.63) is 57.3 Å². The lowest BCUT2D eigenvalue weighted by molar-refractivity contribution is -0.384. The lowest BCUT2D eigenvalue weighted by Gasteiger charge is -2.20. The van der Waals surface area contributed by atoms with E-state index in [0.29, 0.717) is 0 Å². The standard InChI is InChI=1S/C17H18N6O4/c1-17(2,3)20-14(24)9-21-10-18-15-11(16(21)25)8-19-22(15)12-6-4-5-7-13(12)23(26)27/h4-8,10H,9H2,1-3H3,(H,20,24). The number of benzene rings is 1. The first-order valence-corrected chi connectivity index (χ1v) is 8.15. The van der Waals surface area contributed by atoms with E-state index in [1.165, 1.54) is 33.9 Å². The van der Waals surface area contributed by atoms with Crippen LogP contribution < -0.4 is 10.9 Å². The van der Waals surface area contributed by atoms with E-state index in [-0.39, 0.29) is 34.9 Å². The van der Waals surface area contributed by atoms with Crippen LogP contribution in [0.2, 0.25) is 0 Å². The number of nitro groups is 1. The first kappa shape index (κ1) is 18.2. The smallest absolute Gasteiger partial charge is 0.294 e. The van der Waals surface area contributed by atoms with Gasteiger partial charge in [-0.3, -0.25) is 24.3 Å². The largest absolute Gasteiger partial charge is 0.350 e. The Labute approximate surface area is 153 Å². The molecule has 2 heterocycles. The third-order valence-electron chi connectivity index (χ3n) is 3.69. The summed E-state index contributed by atoms with van der Waals surface area (Å²) in [6.45, 7) is 5.33. The summed E-state index contributed by atoms with van der Waals surface area (Å²) in [5.41, 5.74) is -0.642. The number of nitro benzene ring substituents is 1. The van der Waals surface area contributed by atoms with Crippen molar-refractivity contribution < 1.29 is 9.72 Å². The van der Waals surface area contributed by atoms with Gasteiger partial charge in [0.1, 0.15) is 23.9 Å². The highest BCUT2D eigenvalue weighted by atomic mass is 16.6. The Morgan fingerprint density at radius 2 is 2.00 bits per heavy atom. The van der Waals surface area contributed by atoms with E-state index >= 15 is 0 Å². The van der Waals surface area contributed by atoms with Crippen molar-refractivity contribution in [3.63, 3.8) is 0 Å². The van der Waals surface area contributed by atoms with Gasteiger partial charge in [-0.05, 0) is 26.8 Å². The van der Waals surface area contributed by atoms with E-state index in [4.69, 9.17) is 0 Å². The number of amides is 1. The van der Waals surface area contributed by atoms with Gasteiger partial charge in [0.2, 0.25) is 5.91 Å². The van der Waals surface area contributed by atoms with Gasteiger partial charge < -0.3 is 5.32 Å². The Hall–Kier alpha value is -3.56. The highest BCUT2D eigenvalue weighted by Crippen LogP contribution is 2.23. The fraction of sp³-hybridized carbons (Fsp3) is 0.294. The molecule has 1 N–H and O–H groups in total. The highest BCUT2D eigenvalue weighted by Gasteiger charge is 2.20. The summed E-state index contributed by atoms with van der Waals surface area (Å²) >= 11 is 0. The van der Waals surface area contributed by atoms with Gasteiger partial charge in [-0.2, -0.15) is 5.10 Å². The van der Waals surface area contributed by atoms with Crippen LogP contribution in [-0.2, 0) is 11.3 Å². The fourth-order valence-corrected chi connectivity index (χ4v) is 2.65. The molecule has 1 amide bonds. The molecule has 0 atom stereocenters. The van der Waals surface area contributed by atoms with Gasteiger partial charge in [-0.25, -0.2) is 9.67 Å². The number of para-hydroxylation sites is 2. The molecule has 0 aliphatic heterocycles. The predicted octanol–water partition coefficient (Wildman–Crippen LogP) is 1.41. The van der Waals surface area contributed by atoms with Crippen LogP contribution in [0.5, 0.6) is 0 Å². The molecule has 0 bridgehead atoms. The molecule has 0 radical (unpaired) electrons. The predicted molar refractivity (Wildman–Crippen MR) is 97.7 cm³/mol. The molecule has 0 spiro atoms. The zero-order chi connectivity index (χ0) is 19.8. The van der Waals surface area contributed by atoms with Crippen molar-refractivity contribution in [2.45, 2.75) is 32.9 Å². The van der Waals surface area contributed by atoms with Crippen LogP contribution in [-0.4, -0.2) is 35.7 Å². The number of fused-ring (bicyclic) bond motifs is 1. The van der Waals surface area contributed by atoms with Crippen LogP contribution in [0.15, 0.2) is 41.6 Å². The first-order chi connectivity index (χ1) is 12.7. The number of hydrogen-bond donors (Lipinski definition) is 1. The van der Waals surface area contributed by atoms with Gasteiger partial charge in [0.25, 0.3) is 11.2 Å². The van der Waals surface area contributed by atoms with Crippen LogP contribution in [0.4, 0.5) is 5.69 Å². The minimum atomic E-state index is -0.527. The van der Waals surface area contributed by atoms with E-state index in [1.54, 1.807) is 12.1 Å². The third kappa shape index (κ3) is 3.68. The summed E-state index contributed by atoms with van der Waals surface area (Å²) in [6.07, 6.45) is 2.53. The molecule has 0 aliphatic carbocycles. The summed E-state index contributed by atoms with van der Waals surface area (Å²) in [6, 6.07) is 6.05. The van der Waals surface area contributed by atoms with Gasteiger partial charge in [-0.15, -0.1) is 0 Å². The Balaban J connectivity index is 2.03. The summed E-state index contributed by atoms with van der Waals surface area (Å²) in [5, 5.41) is 18.3. The monoisotopic (exact) mass is 370 g/mol. The number of nitrogens with one attached hydrogen (secondary N) is 1. The van der Waals surface area contributed by atoms with E-state index in [1.807, 2.05) is 20.8 Å². The van der Waals surface area contributed by atoms with E-state index in [0.717, 1.165) is 0 Å². The zero-order valence-electron chi connectivity index (χ0n) is 15.0. The summed E-state index contributed by atoms with van der Waals surface area (Å²) in [7, 11) is 0. The molecule has 140 valence electrons. The average Bonchev–Trinajstić information content (AvgIpc) is 3.00. The second-order valence-corrected chi connectivity index (χ2v) is 7.02. The number of aromatic nitrogens is 4. The van der Waals surface area contributed by atoms with E-state index < -0.39 is 16.0 Å². The minimum Gasteiger partial charge on any atom is -0.350 e. The van der Waals surface area contributed by atoms with Crippen molar-refractivity contribution in [2.75, 3.05) is 0 Å². The Morgan fingerprint density at radius 1 is 1.30 bits per heavy atom.